The van der Waals surface area contributed by atoms with Crippen molar-refractivity contribution in [3.8, 4) is 11.5 Å². The van der Waals surface area contributed by atoms with Crippen molar-refractivity contribution in [1.82, 2.24) is 0 Å². The number of carboxylic acid groups (broad SMARTS) is 1. The van der Waals surface area contributed by atoms with Crippen LogP contribution in [-0.4, -0.2) is 31.2 Å². The predicted octanol–water partition coefficient (Wildman–Crippen LogP) is 3.21. The number of amides is 1. The highest BCUT2D eigenvalue weighted by Gasteiger charge is 2.32. The average Bonchev–Trinajstić information content (AvgIpc) is 2.61. The molecule has 0 aliphatic carbocycles. The standard InChI is InChI=1S/C16H11F4NO5/c1-25-7-4-3-6(5-8(7)26-2)21-15(22)9-10(16(23)24)12(18)14(20)13(19)11(9)17/h3-5H,1-2H3,(H,21,22)(H,23,24). The van der Waals surface area contributed by atoms with Crippen molar-refractivity contribution >= 4 is 17.6 Å². The molecule has 0 aliphatic heterocycles. The van der Waals surface area contributed by atoms with Gasteiger partial charge in [0.25, 0.3) is 5.91 Å². The Kier molecular flexibility index (Phi) is 5.34. The number of nitrogens with one attached hydrogen (secondary N) is 1. The average molecular weight is 373 g/mol. The third kappa shape index (κ3) is 3.25. The number of carbonyl (C=O) groups excluding carboxylic acids is 1. The first-order valence-corrected chi connectivity index (χ1v) is 6.85. The van der Waals surface area contributed by atoms with Crippen LogP contribution in [0.3, 0.4) is 0 Å². The van der Waals surface area contributed by atoms with Gasteiger partial charge in [0, 0.05) is 11.8 Å². The van der Waals surface area contributed by atoms with Crippen LogP contribution in [0.25, 0.3) is 0 Å². The molecule has 0 unspecified atom stereocenters. The minimum Gasteiger partial charge on any atom is -0.493 e. The second kappa shape index (κ2) is 7.30. The number of methoxy groups -OCH3 is 2. The molecule has 0 heterocycles. The Morgan fingerprint density at radius 3 is 1.92 bits per heavy atom. The molecular weight excluding hydrogens is 362 g/mol. The molecule has 26 heavy (non-hydrogen) atoms. The highest BCUT2D eigenvalue weighted by molar-refractivity contribution is 6.11. The van der Waals surface area contributed by atoms with Crippen LogP contribution in [-0.2, 0) is 0 Å². The largest absolute Gasteiger partial charge is 0.493 e. The van der Waals surface area contributed by atoms with Crippen molar-refractivity contribution in [1.29, 1.82) is 0 Å². The first-order valence-electron chi connectivity index (χ1n) is 6.85. The monoisotopic (exact) mass is 373 g/mol. The predicted molar refractivity (Wildman–Crippen MR) is 80.7 cm³/mol. The molecule has 138 valence electrons. The van der Waals surface area contributed by atoms with E-state index in [2.05, 4.69) is 5.32 Å². The summed E-state index contributed by atoms with van der Waals surface area (Å²) in [5, 5.41) is 11.0. The molecule has 10 heteroatoms. The molecule has 0 aromatic heterocycles. The van der Waals surface area contributed by atoms with Gasteiger partial charge in [-0.2, -0.15) is 0 Å². The molecule has 0 radical (unpaired) electrons. The van der Waals surface area contributed by atoms with Gasteiger partial charge in [0.2, 0.25) is 0 Å². The normalized spacial score (nSPS) is 10.4. The molecule has 0 spiro atoms. The minimum absolute atomic E-state index is 0.0199. The lowest BCUT2D eigenvalue weighted by atomic mass is 10.0. The molecule has 0 saturated carbocycles. The van der Waals surface area contributed by atoms with E-state index in [0.717, 1.165) is 0 Å². The van der Waals surface area contributed by atoms with Crippen molar-refractivity contribution < 1.29 is 41.7 Å². The summed E-state index contributed by atoms with van der Waals surface area (Å²) in [5.74, 6) is -12.1. The van der Waals surface area contributed by atoms with E-state index in [1.54, 1.807) is 0 Å². The fourth-order valence-electron chi connectivity index (χ4n) is 2.15. The number of carbonyl (C=O) groups is 2. The number of hydrogen-bond donors (Lipinski definition) is 2. The van der Waals surface area contributed by atoms with E-state index in [9.17, 15) is 27.2 Å². The zero-order chi connectivity index (χ0) is 19.6. The number of benzene rings is 2. The first kappa shape index (κ1) is 19.0. The van der Waals surface area contributed by atoms with E-state index in [4.69, 9.17) is 14.6 Å². The van der Waals surface area contributed by atoms with E-state index in [-0.39, 0.29) is 11.4 Å². The van der Waals surface area contributed by atoms with Gasteiger partial charge in [0.15, 0.2) is 34.8 Å². The van der Waals surface area contributed by atoms with Crippen LogP contribution in [0.2, 0.25) is 0 Å². The maximum atomic E-state index is 13.9. The second-order valence-corrected chi connectivity index (χ2v) is 4.83. The lowest BCUT2D eigenvalue weighted by Crippen LogP contribution is -2.22. The second-order valence-electron chi connectivity index (χ2n) is 4.83. The van der Waals surface area contributed by atoms with Gasteiger partial charge in [-0.15, -0.1) is 0 Å². The van der Waals surface area contributed by atoms with Gasteiger partial charge in [-0.1, -0.05) is 0 Å². The Balaban J connectivity index is 2.53. The molecular formula is C16H11F4NO5. The molecule has 1 amide bonds. The van der Waals surface area contributed by atoms with Crippen LogP contribution in [0.5, 0.6) is 11.5 Å². The Hall–Kier alpha value is -3.30. The van der Waals surface area contributed by atoms with Crippen molar-refractivity contribution in [2.45, 2.75) is 0 Å². The maximum absolute atomic E-state index is 13.9. The minimum atomic E-state index is -2.33. The third-order valence-electron chi connectivity index (χ3n) is 3.35. The molecule has 6 nitrogen and oxygen atoms in total. The van der Waals surface area contributed by atoms with Gasteiger partial charge in [-0.05, 0) is 12.1 Å². The molecule has 2 rings (SSSR count). The maximum Gasteiger partial charge on any atom is 0.339 e. The highest BCUT2D eigenvalue weighted by Crippen LogP contribution is 2.31. The Morgan fingerprint density at radius 2 is 1.42 bits per heavy atom. The van der Waals surface area contributed by atoms with Crippen LogP contribution >= 0.6 is 0 Å². The molecule has 0 fully saturated rings. The molecule has 0 aliphatic rings. The summed E-state index contributed by atoms with van der Waals surface area (Å²) in [7, 11) is 2.66. The van der Waals surface area contributed by atoms with Crippen molar-refractivity contribution in [3.63, 3.8) is 0 Å². The fraction of sp³-hybridized carbons (Fsp3) is 0.125. The molecule has 2 N–H and O–H groups in total. The molecule has 0 atom stereocenters. The first-order chi connectivity index (χ1) is 12.2. The number of anilines is 1. The van der Waals surface area contributed by atoms with Crippen LogP contribution in [0.4, 0.5) is 23.2 Å². The molecule has 0 saturated heterocycles. The smallest absolute Gasteiger partial charge is 0.339 e. The van der Waals surface area contributed by atoms with Gasteiger partial charge < -0.3 is 19.9 Å². The highest BCUT2D eigenvalue weighted by atomic mass is 19.2. The van der Waals surface area contributed by atoms with Crippen molar-refractivity contribution in [2.75, 3.05) is 19.5 Å². The van der Waals surface area contributed by atoms with E-state index in [1.807, 2.05) is 0 Å². The summed E-state index contributed by atoms with van der Waals surface area (Å²) in [4.78, 5) is 23.3. The summed E-state index contributed by atoms with van der Waals surface area (Å²) in [6, 6.07) is 3.90. The number of ether oxygens (including phenoxy) is 2. The number of carboxylic acids is 1. The van der Waals surface area contributed by atoms with E-state index in [1.165, 1.54) is 32.4 Å². The summed E-state index contributed by atoms with van der Waals surface area (Å²) < 4.78 is 64.3. The van der Waals surface area contributed by atoms with Gasteiger partial charge in [-0.3, -0.25) is 4.79 Å². The van der Waals surface area contributed by atoms with Crippen molar-refractivity contribution in [2.24, 2.45) is 0 Å². The SMILES string of the molecule is COc1ccc(NC(=O)c2c(F)c(F)c(F)c(F)c2C(=O)O)cc1OC. The van der Waals surface area contributed by atoms with E-state index < -0.39 is 46.3 Å². The lowest BCUT2D eigenvalue weighted by Gasteiger charge is -2.13. The van der Waals surface area contributed by atoms with Crippen LogP contribution in [0.15, 0.2) is 18.2 Å². The number of rotatable bonds is 5. The topological polar surface area (TPSA) is 84.9 Å². The summed E-state index contributed by atoms with van der Waals surface area (Å²) in [6.07, 6.45) is 0. The number of halogens is 4. The molecule has 2 aromatic carbocycles. The Morgan fingerprint density at radius 1 is 0.885 bits per heavy atom. The van der Waals surface area contributed by atoms with Gasteiger partial charge >= 0.3 is 5.97 Å². The van der Waals surface area contributed by atoms with Crippen LogP contribution < -0.4 is 14.8 Å². The molecule has 2 aromatic rings. The fourth-order valence-corrected chi connectivity index (χ4v) is 2.15. The van der Waals surface area contributed by atoms with Crippen LogP contribution in [0.1, 0.15) is 20.7 Å². The summed E-state index contributed by atoms with van der Waals surface area (Å²) in [5.41, 5.74) is -3.13. The summed E-state index contributed by atoms with van der Waals surface area (Å²) in [6.45, 7) is 0. The zero-order valence-corrected chi connectivity index (χ0v) is 13.3. The van der Waals surface area contributed by atoms with Gasteiger partial charge in [0.05, 0.1) is 19.8 Å². The quantitative estimate of drug-likeness (QED) is 0.478. The zero-order valence-electron chi connectivity index (χ0n) is 13.3. The lowest BCUT2D eigenvalue weighted by molar-refractivity contribution is 0.0684. The van der Waals surface area contributed by atoms with Crippen LogP contribution in [0, 0.1) is 23.3 Å². The number of hydrogen-bond acceptors (Lipinski definition) is 4. The van der Waals surface area contributed by atoms with Crippen molar-refractivity contribution in [3.05, 3.63) is 52.6 Å². The van der Waals surface area contributed by atoms with E-state index >= 15 is 0 Å². The van der Waals surface area contributed by atoms with Gasteiger partial charge in [0.1, 0.15) is 5.56 Å². The van der Waals surface area contributed by atoms with Gasteiger partial charge in [-0.25, -0.2) is 22.4 Å². The Bertz CT molecular complexity index is 901. The molecule has 0 bridgehead atoms. The Labute approximate surface area is 144 Å². The summed E-state index contributed by atoms with van der Waals surface area (Å²) >= 11 is 0. The number of aromatic carboxylic acids is 1. The van der Waals surface area contributed by atoms with E-state index in [0.29, 0.717) is 5.75 Å². The third-order valence-corrected chi connectivity index (χ3v) is 3.35.